The Kier molecular flexibility index (Phi) is 5.49. The summed E-state index contributed by atoms with van der Waals surface area (Å²) in [6.07, 6.45) is 4.11. The van der Waals surface area contributed by atoms with Gasteiger partial charge < -0.3 is 20.0 Å². The number of amides is 1. The Bertz CT molecular complexity index is 652. The summed E-state index contributed by atoms with van der Waals surface area (Å²) in [5.41, 5.74) is 0.462. The van der Waals surface area contributed by atoms with Crippen LogP contribution in [0.3, 0.4) is 0 Å². The molecule has 1 aliphatic rings. The number of carboxylic acids is 1. The number of aliphatic carboxylic acids is 1. The summed E-state index contributed by atoms with van der Waals surface area (Å²) in [6, 6.07) is 0. The number of nitrogens with one attached hydrogen (secondary N) is 1. The normalized spacial score (nSPS) is 20.1. The minimum Gasteiger partial charge on any atom is -0.550 e. The zero-order valence-electron chi connectivity index (χ0n) is 12.8. The number of carboxylic acid groups (broad SMARTS) is 1. The Morgan fingerprint density at radius 1 is 1.35 bits per heavy atom. The molecule has 0 fully saturated rings. The summed E-state index contributed by atoms with van der Waals surface area (Å²) in [6.45, 7) is 3.60. The molecule has 7 nitrogen and oxygen atoms in total. The maximum atomic E-state index is 12.3. The molecule has 0 unspecified atom stereocenters. The smallest absolute Gasteiger partial charge is 0.350 e. The van der Waals surface area contributed by atoms with Gasteiger partial charge in [0.1, 0.15) is 4.88 Å². The Morgan fingerprint density at radius 2 is 2.00 bits per heavy atom. The zero-order chi connectivity index (χ0) is 17.0. The van der Waals surface area contributed by atoms with Crippen LogP contribution in [0.5, 0.6) is 0 Å². The van der Waals surface area contributed by atoms with Crippen molar-refractivity contribution < 1.29 is 24.2 Å². The van der Waals surface area contributed by atoms with Crippen LogP contribution in [0.4, 0.5) is 5.13 Å². The number of carbonyl (C=O) groups is 3. The molecular formula is C15H17N2O5S-. The average Bonchev–Trinajstić information content (AvgIpc) is 2.88. The summed E-state index contributed by atoms with van der Waals surface area (Å²) < 4.78 is 4.92. The monoisotopic (exact) mass is 337 g/mol. The van der Waals surface area contributed by atoms with E-state index in [-0.39, 0.29) is 18.2 Å². The fourth-order valence-electron chi connectivity index (χ4n) is 2.40. The van der Waals surface area contributed by atoms with Crippen LogP contribution in [0.25, 0.3) is 0 Å². The molecule has 23 heavy (non-hydrogen) atoms. The van der Waals surface area contributed by atoms with E-state index in [0.29, 0.717) is 17.0 Å². The third-order valence-corrected chi connectivity index (χ3v) is 4.61. The number of rotatable bonds is 5. The molecule has 2 atom stereocenters. The van der Waals surface area contributed by atoms with E-state index in [2.05, 4.69) is 10.3 Å². The van der Waals surface area contributed by atoms with Gasteiger partial charge in [-0.3, -0.25) is 4.79 Å². The Balaban J connectivity index is 2.11. The van der Waals surface area contributed by atoms with E-state index in [1.54, 1.807) is 26.0 Å². The molecule has 1 N–H and O–H groups in total. The lowest BCUT2D eigenvalue weighted by molar-refractivity contribution is -0.313. The predicted octanol–water partition coefficient (Wildman–Crippen LogP) is 0.899. The van der Waals surface area contributed by atoms with Crippen LogP contribution in [0.15, 0.2) is 12.2 Å². The Morgan fingerprint density at radius 3 is 2.61 bits per heavy atom. The topological polar surface area (TPSA) is 108 Å². The van der Waals surface area contributed by atoms with Gasteiger partial charge in [0, 0.05) is 11.9 Å². The number of thiazole rings is 1. The molecule has 1 heterocycles. The minimum atomic E-state index is -1.24. The van der Waals surface area contributed by atoms with E-state index in [1.807, 2.05) is 0 Å². The molecule has 0 radical (unpaired) electrons. The number of carbonyl (C=O) groups excluding carboxylic acids is 3. The molecule has 0 aliphatic heterocycles. The fraction of sp³-hybridized carbons (Fsp3) is 0.467. The predicted molar refractivity (Wildman–Crippen MR) is 81.8 cm³/mol. The zero-order valence-corrected chi connectivity index (χ0v) is 13.6. The van der Waals surface area contributed by atoms with Gasteiger partial charge in [0.2, 0.25) is 5.91 Å². The molecule has 0 bridgehead atoms. The number of aromatic nitrogens is 1. The summed E-state index contributed by atoms with van der Waals surface area (Å²) in [5.74, 6) is -3.73. The first-order chi connectivity index (χ1) is 10.9. The van der Waals surface area contributed by atoms with Crippen LogP contribution < -0.4 is 10.4 Å². The highest BCUT2D eigenvalue weighted by molar-refractivity contribution is 7.17. The van der Waals surface area contributed by atoms with Crippen LogP contribution in [-0.4, -0.2) is 29.4 Å². The first kappa shape index (κ1) is 17.1. The molecule has 0 aromatic carbocycles. The van der Waals surface area contributed by atoms with Crippen molar-refractivity contribution in [1.82, 2.24) is 4.98 Å². The fourth-order valence-corrected chi connectivity index (χ4v) is 3.26. The lowest BCUT2D eigenvalue weighted by atomic mass is 9.82. The van der Waals surface area contributed by atoms with E-state index >= 15 is 0 Å². The Labute approximate surface area is 137 Å². The van der Waals surface area contributed by atoms with Crippen molar-refractivity contribution in [2.24, 2.45) is 11.8 Å². The van der Waals surface area contributed by atoms with Crippen LogP contribution in [0, 0.1) is 18.8 Å². The van der Waals surface area contributed by atoms with Gasteiger partial charge in [0.15, 0.2) is 5.13 Å². The second-order valence-corrected chi connectivity index (χ2v) is 6.12. The number of hydrogen-bond acceptors (Lipinski definition) is 7. The lowest BCUT2D eigenvalue weighted by Gasteiger charge is -2.27. The first-order valence-corrected chi connectivity index (χ1v) is 8.07. The quantitative estimate of drug-likeness (QED) is 0.631. The van der Waals surface area contributed by atoms with E-state index in [9.17, 15) is 19.5 Å². The van der Waals surface area contributed by atoms with Crippen molar-refractivity contribution in [3.63, 3.8) is 0 Å². The Hall–Kier alpha value is -2.22. The minimum absolute atomic E-state index is 0.250. The lowest BCUT2D eigenvalue weighted by Crippen LogP contribution is -2.41. The largest absolute Gasteiger partial charge is 0.550 e. The maximum absolute atomic E-state index is 12.3. The molecule has 0 spiro atoms. The SMILES string of the molecule is CCOC(=O)c1sc(NC(=O)[C@@H]2CC=CC[C@H]2C(=O)[O-])nc1C. The van der Waals surface area contributed by atoms with Gasteiger partial charge in [0.05, 0.1) is 18.2 Å². The van der Waals surface area contributed by atoms with E-state index in [1.165, 1.54) is 0 Å². The number of hydrogen-bond donors (Lipinski definition) is 1. The maximum Gasteiger partial charge on any atom is 0.350 e. The number of nitrogens with zero attached hydrogens (tertiary/aromatic N) is 1. The first-order valence-electron chi connectivity index (χ1n) is 7.25. The van der Waals surface area contributed by atoms with Crippen molar-refractivity contribution in [3.8, 4) is 0 Å². The third kappa shape index (κ3) is 3.95. The van der Waals surface area contributed by atoms with E-state index in [4.69, 9.17) is 4.74 Å². The van der Waals surface area contributed by atoms with Gasteiger partial charge >= 0.3 is 5.97 Å². The summed E-state index contributed by atoms with van der Waals surface area (Å²) in [4.78, 5) is 39.6. The summed E-state index contributed by atoms with van der Waals surface area (Å²) in [7, 11) is 0. The van der Waals surface area contributed by atoms with Crippen LogP contribution >= 0.6 is 11.3 Å². The highest BCUT2D eigenvalue weighted by Crippen LogP contribution is 2.28. The number of aryl methyl sites for hydroxylation is 1. The van der Waals surface area contributed by atoms with Gasteiger partial charge in [-0.15, -0.1) is 0 Å². The van der Waals surface area contributed by atoms with Gasteiger partial charge in [-0.05, 0) is 26.7 Å². The molecule has 2 rings (SSSR count). The number of ether oxygens (including phenoxy) is 1. The number of esters is 1. The second kappa shape index (κ2) is 7.36. The molecule has 0 saturated carbocycles. The molecular weight excluding hydrogens is 320 g/mol. The van der Waals surface area contributed by atoms with Crippen molar-refractivity contribution in [1.29, 1.82) is 0 Å². The molecule has 0 saturated heterocycles. The molecule has 1 aromatic heterocycles. The third-order valence-electron chi connectivity index (χ3n) is 3.56. The molecule has 1 aliphatic carbocycles. The highest BCUT2D eigenvalue weighted by Gasteiger charge is 2.30. The van der Waals surface area contributed by atoms with Gasteiger partial charge in [-0.25, -0.2) is 9.78 Å². The second-order valence-electron chi connectivity index (χ2n) is 5.12. The number of allylic oxidation sites excluding steroid dienone is 2. The van der Waals surface area contributed by atoms with Gasteiger partial charge in [-0.1, -0.05) is 23.5 Å². The van der Waals surface area contributed by atoms with Crippen molar-refractivity contribution >= 4 is 34.3 Å². The standard InChI is InChI=1S/C15H18N2O5S/c1-3-22-14(21)11-8(2)16-15(23-11)17-12(18)9-6-4-5-7-10(9)13(19)20/h4-5,9-10H,3,6-7H2,1-2H3,(H,19,20)(H,16,17,18)/p-1/t9-,10-/m1/s1. The number of anilines is 1. The highest BCUT2D eigenvalue weighted by atomic mass is 32.1. The van der Waals surface area contributed by atoms with Gasteiger partial charge in [0.25, 0.3) is 0 Å². The van der Waals surface area contributed by atoms with Crippen LogP contribution in [0.2, 0.25) is 0 Å². The molecule has 1 amide bonds. The molecule has 8 heteroatoms. The van der Waals surface area contributed by atoms with Crippen molar-refractivity contribution in [2.45, 2.75) is 26.7 Å². The van der Waals surface area contributed by atoms with Crippen LogP contribution in [0.1, 0.15) is 35.1 Å². The molecule has 1 aromatic rings. The van der Waals surface area contributed by atoms with Gasteiger partial charge in [-0.2, -0.15) is 0 Å². The summed E-state index contributed by atoms with van der Waals surface area (Å²) in [5, 5.41) is 14.0. The van der Waals surface area contributed by atoms with Crippen LogP contribution in [-0.2, 0) is 14.3 Å². The van der Waals surface area contributed by atoms with Crippen molar-refractivity contribution in [2.75, 3.05) is 11.9 Å². The molecule has 124 valence electrons. The van der Waals surface area contributed by atoms with E-state index in [0.717, 1.165) is 11.3 Å². The van der Waals surface area contributed by atoms with E-state index < -0.39 is 29.7 Å². The average molecular weight is 337 g/mol. The summed E-state index contributed by atoms with van der Waals surface area (Å²) >= 11 is 1.01. The van der Waals surface area contributed by atoms with Crippen molar-refractivity contribution in [3.05, 3.63) is 22.7 Å².